The van der Waals surface area contributed by atoms with E-state index < -0.39 is 0 Å². The maximum atomic E-state index is 12.9. The Labute approximate surface area is 177 Å². The third-order valence-corrected chi connectivity index (χ3v) is 8.95. The van der Waals surface area contributed by atoms with Crippen molar-refractivity contribution in [3.8, 4) is 0 Å². The van der Waals surface area contributed by atoms with Crippen LogP contribution in [0.2, 0.25) is 0 Å². The van der Waals surface area contributed by atoms with Gasteiger partial charge in [-0.2, -0.15) is 0 Å². The second kappa shape index (κ2) is 7.12. The number of hydrogen-bond donors (Lipinski definition) is 1. The molecule has 4 saturated carbocycles. The van der Waals surface area contributed by atoms with E-state index in [1.165, 1.54) is 49.7 Å². The van der Waals surface area contributed by atoms with Gasteiger partial charge in [-0.15, -0.1) is 0 Å². The number of nitrogens with zero attached hydrogens (tertiary/aromatic N) is 1. The summed E-state index contributed by atoms with van der Waals surface area (Å²) in [6, 6.07) is 9.16. The van der Waals surface area contributed by atoms with Crippen LogP contribution in [-0.4, -0.2) is 34.3 Å². The van der Waals surface area contributed by atoms with Crippen molar-refractivity contribution in [2.24, 2.45) is 17.3 Å². The molecule has 5 aliphatic rings. The molecule has 6 rings (SSSR count). The Morgan fingerprint density at radius 1 is 1.21 bits per heavy atom. The molecular formula is C24H33BrN2O. The summed E-state index contributed by atoms with van der Waals surface area (Å²) in [5.41, 5.74) is 3.20. The van der Waals surface area contributed by atoms with E-state index in [1.807, 2.05) is 0 Å². The lowest BCUT2D eigenvalue weighted by atomic mass is 9.48. The number of fused-ring (bicyclic) bond motifs is 1. The van der Waals surface area contributed by atoms with Crippen LogP contribution in [0.15, 0.2) is 24.3 Å². The molecule has 4 bridgehead atoms. The minimum Gasteiger partial charge on any atom is -0.355 e. The molecule has 4 aliphatic carbocycles. The molecule has 0 spiro atoms. The van der Waals surface area contributed by atoms with Crippen LogP contribution in [0.25, 0.3) is 0 Å². The molecule has 4 fully saturated rings. The highest BCUT2D eigenvalue weighted by Crippen LogP contribution is 2.65. The van der Waals surface area contributed by atoms with Gasteiger partial charge < -0.3 is 5.32 Å². The van der Waals surface area contributed by atoms with Crippen LogP contribution in [0.5, 0.6) is 0 Å². The molecule has 1 aromatic rings. The highest BCUT2D eigenvalue weighted by atomic mass is 79.9. The van der Waals surface area contributed by atoms with Gasteiger partial charge in [-0.25, -0.2) is 0 Å². The van der Waals surface area contributed by atoms with Crippen LogP contribution in [0.1, 0.15) is 63.0 Å². The summed E-state index contributed by atoms with van der Waals surface area (Å²) in [6.07, 6.45) is 9.70. The van der Waals surface area contributed by atoms with E-state index >= 15 is 0 Å². The van der Waals surface area contributed by atoms with Crippen molar-refractivity contribution in [1.29, 1.82) is 0 Å². The maximum absolute atomic E-state index is 12.9. The maximum Gasteiger partial charge on any atom is 0.220 e. The Morgan fingerprint density at radius 2 is 1.93 bits per heavy atom. The molecular weight excluding hydrogens is 412 g/mol. The van der Waals surface area contributed by atoms with Gasteiger partial charge in [0.15, 0.2) is 0 Å². The van der Waals surface area contributed by atoms with Crippen LogP contribution in [0.3, 0.4) is 0 Å². The first kappa shape index (κ1) is 19.1. The van der Waals surface area contributed by atoms with E-state index in [2.05, 4.69) is 57.3 Å². The summed E-state index contributed by atoms with van der Waals surface area (Å²) in [4.78, 5) is 15.4. The summed E-state index contributed by atoms with van der Waals surface area (Å²) in [7, 11) is 0. The minimum atomic E-state index is 0.269. The Morgan fingerprint density at radius 3 is 2.64 bits per heavy atom. The van der Waals surface area contributed by atoms with Crippen LogP contribution in [0.4, 0.5) is 0 Å². The lowest BCUT2D eigenvalue weighted by Crippen LogP contribution is -2.54. The van der Waals surface area contributed by atoms with Crippen LogP contribution in [-0.2, 0) is 17.8 Å². The van der Waals surface area contributed by atoms with Gasteiger partial charge in [0.25, 0.3) is 0 Å². The lowest BCUT2D eigenvalue weighted by Gasteiger charge is -2.60. The first-order valence-corrected chi connectivity index (χ1v) is 12.0. The molecule has 3 nitrogen and oxygen atoms in total. The highest BCUT2D eigenvalue weighted by molar-refractivity contribution is 9.10. The van der Waals surface area contributed by atoms with E-state index in [-0.39, 0.29) is 11.3 Å². The molecule has 0 unspecified atom stereocenters. The van der Waals surface area contributed by atoms with E-state index in [0.29, 0.717) is 10.4 Å². The Balaban J connectivity index is 1.15. The second-order valence-corrected chi connectivity index (χ2v) is 12.1. The standard InChI is InChI=1S/C24H33BrN2O/c1-17(27-7-6-20-4-2-3-5-21(20)15-27)14-26-22(28)13-23-9-18-8-19(10-23)12-24(25,11-18)16-23/h2-5,17-19H,6-16H2,1H3,(H,26,28)/t17-,18-,19-,23?,24?/m1/s1. The van der Waals surface area contributed by atoms with Crippen molar-refractivity contribution < 1.29 is 4.79 Å². The third-order valence-electron chi connectivity index (χ3n) is 8.02. The number of benzene rings is 1. The molecule has 0 radical (unpaired) electrons. The fraction of sp³-hybridized carbons (Fsp3) is 0.708. The number of amides is 1. The Kier molecular flexibility index (Phi) is 4.86. The number of carbonyl (C=O) groups excluding carboxylic acids is 1. The number of hydrogen-bond acceptors (Lipinski definition) is 2. The summed E-state index contributed by atoms with van der Waals surface area (Å²) in [5, 5.41) is 3.30. The van der Waals surface area contributed by atoms with Crippen LogP contribution >= 0.6 is 15.9 Å². The zero-order valence-corrected chi connectivity index (χ0v) is 18.6. The summed E-state index contributed by atoms with van der Waals surface area (Å²) in [5.74, 6) is 1.98. The first-order chi connectivity index (χ1) is 13.4. The molecule has 4 heteroatoms. The Bertz CT molecular complexity index is 749. The van der Waals surface area contributed by atoms with E-state index in [1.54, 1.807) is 0 Å². The van der Waals surface area contributed by atoms with Crippen molar-refractivity contribution in [2.75, 3.05) is 13.1 Å². The van der Waals surface area contributed by atoms with Crippen molar-refractivity contribution in [3.63, 3.8) is 0 Å². The molecule has 3 atom stereocenters. The minimum absolute atomic E-state index is 0.269. The number of halogens is 1. The molecule has 1 aromatic carbocycles. The van der Waals surface area contributed by atoms with Crippen LogP contribution in [0, 0.1) is 17.3 Å². The van der Waals surface area contributed by atoms with Gasteiger partial charge in [-0.3, -0.25) is 9.69 Å². The van der Waals surface area contributed by atoms with E-state index in [4.69, 9.17) is 0 Å². The van der Waals surface area contributed by atoms with E-state index in [9.17, 15) is 4.79 Å². The second-order valence-electron chi connectivity index (χ2n) is 10.4. The molecule has 0 saturated heterocycles. The fourth-order valence-corrected chi connectivity index (χ4v) is 8.74. The number of alkyl halides is 1. The topological polar surface area (TPSA) is 32.3 Å². The predicted molar refractivity (Wildman–Crippen MR) is 116 cm³/mol. The normalized spacial score (nSPS) is 37.5. The largest absolute Gasteiger partial charge is 0.355 e. The lowest BCUT2D eigenvalue weighted by molar-refractivity contribution is -0.128. The molecule has 0 aromatic heterocycles. The molecule has 152 valence electrons. The molecule has 1 heterocycles. The van der Waals surface area contributed by atoms with Crippen molar-refractivity contribution in [1.82, 2.24) is 10.2 Å². The van der Waals surface area contributed by atoms with Gasteiger partial charge in [-0.05, 0) is 80.2 Å². The predicted octanol–water partition coefficient (Wildman–Crippen LogP) is 4.67. The smallest absolute Gasteiger partial charge is 0.220 e. The van der Waals surface area contributed by atoms with Gasteiger partial charge in [0.05, 0.1) is 0 Å². The molecule has 1 N–H and O–H groups in total. The monoisotopic (exact) mass is 444 g/mol. The van der Waals surface area contributed by atoms with Gasteiger partial charge in [0, 0.05) is 36.4 Å². The number of carbonyl (C=O) groups is 1. The van der Waals surface area contributed by atoms with Crippen molar-refractivity contribution in [3.05, 3.63) is 35.4 Å². The molecule has 28 heavy (non-hydrogen) atoms. The molecule has 1 aliphatic heterocycles. The van der Waals surface area contributed by atoms with Gasteiger partial charge >= 0.3 is 0 Å². The van der Waals surface area contributed by atoms with Gasteiger partial charge in [0.2, 0.25) is 5.91 Å². The first-order valence-electron chi connectivity index (χ1n) is 11.2. The zero-order chi connectivity index (χ0) is 19.4. The fourth-order valence-electron chi connectivity index (χ4n) is 7.23. The summed E-state index contributed by atoms with van der Waals surface area (Å²) >= 11 is 4.07. The quantitative estimate of drug-likeness (QED) is 0.668. The van der Waals surface area contributed by atoms with E-state index in [0.717, 1.165) is 44.3 Å². The number of rotatable bonds is 5. The molecule has 1 amide bonds. The summed E-state index contributed by atoms with van der Waals surface area (Å²) in [6.45, 7) is 5.12. The van der Waals surface area contributed by atoms with Gasteiger partial charge in [-0.1, -0.05) is 40.2 Å². The average molecular weight is 445 g/mol. The highest BCUT2D eigenvalue weighted by Gasteiger charge is 2.57. The Hall–Kier alpha value is -0.870. The zero-order valence-electron chi connectivity index (χ0n) is 17.1. The summed E-state index contributed by atoms with van der Waals surface area (Å²) < 4.78 is 0.339. The third kappa shape index (κ3) is 3.67. The number of nitrogens with one attached hydrogen (secondary N) is 1. The van der Waals surface area contributed by atoms with Crippen molar-refractivity contribution >= 4 is 21.8 Å². The van der Waals surface area contributed by atoms with Crippen LogP contribution < -0.4 is 5.32 Å². The van der Waals surface area contributed by atoms with Crippen molar-refractivity contribution in [2.45, 2.75) is 75.2 Å². The SMILES string of the molecule is C[C@H](CNC(=O)CC12C[C@H]3C[C@@H](CC(Br)(C3)C1)C2)N1CCc2ccccc2C1. The average Bonchev–Trinajstić information content (AvgIpc) is 2.63. The van der Waals surface area contributed by atoms with Gasteiger partial charge in [0.1, 0.15) is 0 Å².